The molecule has 128 valence electrons. The Kier molecular flexibility index (Phi) is 6.31. The summed E-state index contributed by atoms with van der Waals surface area (Å²) in [6.07, 6.45) is 9.84. The van der Waals surface area contributed by atoms with E-state index in [4.69, 9.17) is 0 Å². The first-order valence-corrected chi connectivity index (χ1v) is 9.64. The predicted molar refractivity (Wildman–Crippen MR) is 92.8 cm³/mol. The molecule has 0 aromatic heterocycles. The Balaban J connectivity index is 0.000000545. The van der Waals surface area contributed by atoms with Crippen molar-refractivity contribution in [2.24, 2.45) is 11.3 Å². The Morgan fingerprint density at radius 2 is 1.91 bits per heavy atom. The molecule has 0 aromatic carbocycles. The van der Waals surface area contributed by atoms with Crippen molar-refractivity contribution in [2.75, 3.05) is 13.1 Å². The molecule has 1 amide bonds. The summed E-state index contributed by atoms with van der Waals surface area (Å²) >= 11 is 0. The highest BCUT2D eigenvalue weighted by Crippen LogP contribution is 2.49. The number of nitrogens with one attached hydrogen (secondary N) is 1. The summed E-state index contributed by atoms with van der Waals surface area (Å²) in [5.74, 6) is 0.984. The number of likely N-dealkylation sites (tertiary alicyclic amines) is 1. The molecule has 3 fully saturated rings. The number of nitrogens with zero attached hydrogens (tertiary/aromatic N) is 1. The number of hydrogen-bond donors (Lipinski definition) is 1. The summed E-state index contributed by atoms with van der Waals surface area (Å²) < 4.78 is 0. The standard InChI is InChI=1S/C16H28N2O.C3H8/c1-3-12(2)18-10-6-9-16(11-18)13-7-4-5-8-14(13)17-15(16)19;1-3-2/h12-14H,3-11H2,1-2H3,(H,17,19);3H2,1-2H3. The SMILES string of the molecule is CCC.CCC(C)N1CCCC2(C1)C(=O)NC1CCCCC12. The summed E-state index contributed by atoms with van der Waals surface area (Å²) in [6, 6.07) is 1.10. The molecule has 1 N–H and O–H groups in total. The minimum Gasteiger partial charge on any atom is -0.353 e. The summed E-state index contributed by atoms with van der Waals surface area (Å²) in [5, 5.41) is 3.33. The third-order valence-electron chi connectivity index (χ3n) is 6.01. The van der Waals surface area contributed by atoms with Crippen LogP contribution in [0.2, 0.25) is 0 Å². The number of rotatable bonds is 2. The van der Waals surface area contributed by atoms with Gasteiger partial charge in [-0.05, 0) is 51.5 Å². The van der Waals surface area contributed by atoms with Crippen molar-refractivity contribution in [3.63, 3.8) is 0 Å². The first-order chi connectivity index (χ1) is 10.6. The summed E-state index contributed by atoms with van der Waals surface area (Å²) in [7, 11) is 0. The molecule has 0 bridgehead atoms. The van der Waals surface area contributed by atoms with Gasteiger partial charge >= 0.3 is 0 Å². The average molecular weight is 309 g/mol. The maximum Gasteiger partial charge on any atom is 0.228 e. The van der Waals surface area contributed by atoms with Crippen molar-refractivity contribution in [1.29, 1.82) is 0 Å². The van der Waals surface area contributed by atoms with Crippen LogP contribution in [-0.2, 0) is 4.79 Å². The van der Waals surface area contributed by atoms with Crippen LogP contribution in [0.5, 0.6) is 0 Å². The van der Waals surface area contributed by atoms with Crippen LogP contribution in [0.4, 0.5) is 0 Å². The van der Waals surface area contributed by atoms with E-state index in [0.29, 0.717) is 23.9 Å². The summed E-state index contributed by atoms with van der Waals surface area (Å²) in [4.78, 5) is 15.2. The van der Waals surface area contributed by atoms with Gasteiger partial charge in [0.15, 0.2) is 0 Å². The third kappa shape index (κ3) is 3.34. The van der Waals surface area contributed by atoms with Crippen LogP contribution >= 0.6 is 0 Å². The normalized spacial score (nSPS) is 36.3. The Bertz CT molecular complexity index is 370. The van der Waals surface area contributed by atoms with Crippen molar-refractivity contribution in [1.82, 2.24) is 10.2 Å². The van der Waals surface area contributed by atoms with Crippen LogP contribution in [0.3, 0.4) is 0 Å². The molecule has 3 heteroatoms. The summed E-state index contributed by atoms with van der Waals surface area (Å²) in [5.41, 5.74) is -0.0488. The number of carbonyl (C=O) groups is 1. The van der Waals surface area contributed by atoms with Gasteiger partial charge in [-0.15, -0.1) is 0 Å². The fourth-order valence-corrected chi connectivity index (χ4v) is 4.69. The van der Waals surface area contributed by atoms with Gasteiger partial charge in [0.2, 0.25) is 5.91 Å². The van der Waals surface area contributed by atoms with Gasteiger partial charge in [-0.1, -0.05) is 40.0 Å². The molecule has 1 spiro atoms. The van der Waals surface area contributed by atoms with E-state index in [1.807, 2.05) is 0 Å². The number of fused-ring (bicyclic) bond motifs is 2. The second-order valence-electron chi connectivity index (χ2n) is 7.67. The molecular weight excluding hydrogens is 272 g/mol. The Hall–Kier alpha value is -0.570. The van der Waals surface area contributed by atoms with Gasteiger partial charge in [0.1, 0.15) is 0 Å². The number of amides is 1. The van der Waals surface area contributed by atoms with Gasteiger partial charge in [0.25, 0.3) is 0 Å². The zero-order valence-electron chi connectivity index (χ0n) is 15.2. The minimum atomic E-state index is -0.0488. The fourth-order valence-electron chi connectivity index (χ4n) is 4.69. The lowest BCUT2D eigenvalue weighted by atomic mass is 9.65. The second-order valence-corrected chi connectivity index (χ2v) is 7.67. The minimum absolute atomic E-state index is 0.0488. The maximum atomic E-state index is 12.6. The highest BCUT2D eigenvalue weighted by Gasteiger charge is 2.56. The van der Waals surface area contributed by atoms with Gasteiger partial charge in [0, 0.05) is 18.6 Å². The first-order valence-electron chi connectivity index (χ1n) is 9.64. The van der Waals surface area contributed by atoms with Crippen LogP contribution < -0.4 is 5.32 Å². The molecule has 1 saturated carbocycles. The van der Waals surface area contributed by atoms with E-state index >= 15 is 0 Å². The fraction of sp³-hybridized carbons (Fsp3) is 0.947. The highest BCUT2D eigenvalue weighted by atomic mass is 16.2. The number of carbonyl (C=O) groups excluding carboxylic acids is 1. The molecule has 1 aliphatic carbocycles. The Labute approximate surface area is 137 Å². The predicted octanol–water partition coefficient (Wildman–Crippen LogP) is 3.97. The van der Waals surface area contributed by atoms with E-state index in [-0.39, 0.29) is 5.41 Å². The first kappa shape index (κ1) is 17.8. The van der Waals surface area contributed by atoms with Crippen molar-refractivity contribution in [3.8, 4) is 0 Å². The monoisotopic (exact) mass is 308 g/mol. The molecular formula is C19H36N2O. The van der Waals surface area contributed by atoms with Crippen LogP contribution in [0.15, 0.2) is 0 Å². The van der Waals surface area contributed by atoms with Crippen LogP contribution in [0, 0.1) is 11.3 Å². The molecule has 0 aromatic rings. The quantitative estimate of drug-likeness (QED) is 0.837. The largest absolute Gasteiger partial charge is 0.353 e. The van der Waals surface area contributed by atoms with Crippen molar-refractivity contribution in [2.45, 2.75) is 91.1 Å². The van der Waals surface area contributed by atoms with Gasteiger partial charge < -0.3 is 5.32 Å². The lowest BCUT2D eigenvalue weighted by Gasteiger charge is -2.45. The van der Waals surface area contributed by atoms with Gasteiger partial charge in [-0.3, -0.25) is 9.69 Å². The lowest BCUT2D eigenvalue weighted by molar-refractivity contribution is -0.133. The molecule has 22 heavy (non-hydrogen) atoms. The Morgan fingerprint density at radius 1 is 1.23 bits per heavy atom. The van der Waals surface area contributed by atoms with E-state index in [1.165, 1.54) is 51.5 Å². The smallest absolute Gasteiger partial charge is 0.228 e. The Morgan fingerprint density at radius 3 is 2.59 bits per heavy atom. The molecule has 4 unspecified atom stereocenters. The molecule has 4 atom stereocenters. The van der Waals surface area contributed by atoms with Crippen LogP contribution in [-0.4, -0.2) is 36.0 Å². The van der Waals surface area contributed by atoms with E-state index in [2.05, 4.69) is 37.9 Å². The number of hydrogen-bond acceptors (Lipinski definition) is 2. The summed E-state index contributed by atoms with van der Waals surface area (Å²) in [6.45, 7) is 11.0. The van der Waals surface area contributed by atoms with Gasteiger partial charge in [-0.2, -0.15) is 0 Å². The average Bonchev–Trinajstić information content (AvgIpc) is 2.80. The van der Waals surface area contributed by atoms with Crippen LogP contribution in [0.25, 0.3) is 0 Å². The van der Waals surface area contributed by atoms with Crippen molar-refractivity contribution in [3.05, 3.63) is 0 Å². The number of piperidine rings is 1. The maximum absolute atomic E-state index is 12.6. The molecule has 2 heterocycles. The molecule has 3 aliphatic rings. The lowest BCUT2D eigenvalue weighted by Crippen LogP contribution is -2.52. The zero-order valence-corrected chi connectivity index (χ0v) is 15.2. The molecule has 3 nitrogen and oxygen atoms in total. The highest BCUT2D eigenvalue weighted by molar-refractivity contribution is 5.86. The molecule has 2 aliphatic heterocycles. The van der Waals surface area contributed by atoms with E-state index < -0.39 is 0 Å². The van der Waals surface area contributed by atoms with E-state index in [1.54, 1.807) is 0 Å². The molecule has 3 rings (SSSR count). The van der Waals surface area contributed by atoms with Crippen molar-refractivity contribution < 1.29 is 4.79 Å². The third-order valence-corrected chi connectivity index (χ3v) is 6.01. The zero-order chi connectivity index (χ0) is 16.2. The van der Waals surface area contributed by atoms with E-state index in [0.717, 1.165) is 13.0 Å². The van der Waals surface area contributed by atoms with E-state index in [9.17, 15) is 4.79 Å². The van der Waals surface area contributed by atoms with Crippen molar-refractivity contribution >= 4 is 5.91 Å². The van der Waals surface area contributed by atoms with Gasteiger partial charge in [0.05, 0.1) is 5.41 Å². The van der Waals surface area contributed by atoms with Gasteiger partial charge in [-0.25, -0.2) is 0 Å². The molecule has 0 radical (unpaired) electrons. The topological polar surface area (TPSA) is 32.3 Å². The molecule has 2 saturated heterocycles. The second kappa shape index (κ2) is 7.81. The van der Waals surface area contributed by atoms with Crippen LogP contribution in [0.1, 0.15) is 79.1 Å².